The smallest absolute Gasteiger partial charge is 0.261 e. The Morgan fingerprint density at radius 2 is 1.62 bits per heavy atom. The number of aromatic nitrogens is 3. The van der Waals surface area contributed by atoms with Crippen molar-refractivity contribution >= 4 is 33.4 Å². The van der Waals surface area contributed by atoms with Crippen LogP contribution in [0.25, 0.3) is 11.5 Å². The first-order chi connectivity index (χ1) is 14.0. The standard InChI is InChI=1S/C21H16BrN5O2/c22-15-5-9-17(10-6-15)27-21(26-11-1-2-12-26)18(13-24-27)20(29)25-16-7-3-14(4-8-16)19(23)28/h1-13H,(H2,23,28)(H,25,29). The Morgan fingerprint density at radius 3 is 2.24 bits per heavy atom. The molecule has 3 N–H and O–H groups in total. The third kappa shape index (κ3) is 3.83. The first-order valence-electron chi connectivity index (χ1n) is 8.71. The molecule has 0 aliphatic heterocycles. The van der Waals surface area contributed by atoms with Crippen molar-refractivity contribution in [2.24, 2.45) is 5.73 Å². The lowest BCUT2D eigenvalue weighted by Gasteiger charge is -2.11. The summed E-state index contributed by atoms with van der Waals surface area (Å²) in [7, 11) is 0. The molecule has 0 saturated heterocycles. The van der Waals surface area contributed by atoms with Crippen molar-refractivity contribution in [1.82, 2.24) is 14.3 Å². The number of hydrogen-bond acceptors (Lipinski definition) is 3. The second-order valence-corrected chi connectivity index (χ2v) is 7.17. The normalized spacial score (nSPS) is 10.7. The van der Waals surface area contributed by atoms with Crippen LogP contribution >= 0.6 is 15.9 Å². The summed E-state index contributed by atoms with van der Waals surface area (Å²) in [6.45, 7) is 0. The van der Waals surface area contributed by atoms with Crippen LogP contribution in [0.4, 0.5) is 5.69 Å². The topological polar surface area (TPSA) is 94.9 Å². The molecule has 2 aromatic carbocycles. The van der Waals surface area contributed by atoms with Crippen LogP contribution in [0.3, 0.4) is 0 Å². The third-order valence-electron chi connectivity index (χ3n) is 4.34. The molecule has 2 aromatic heterocycles. The summed E-state index contributed by atoms with van der Waals surface area (Å²) in [5, 5.41) is 7.27. The van der Waals surface area contributed by atoms with E-state index in [0.717, 1.165) is 10.2 Å². The summed E-state index contributed by atoms with van der Waals surface area (Å²) < 4.78 is 4.49. The van der Waals surface area contributed by atoms with Crippen LogP contribution in [0.2, 0.25) is 0 Å². The van der Waals surface area contributed by atoms with Gasteiger partial charge in [0.1, 0.15) is 5.56 Å². The molecule has 0 radical (unpaired) electrons. The summed E-state index contributed by atoms with van der Waals surface area (Å²) in [6, 6.07) is 17.8. The molecule has 7 nitrogen and oxygen atoms in total. The van der Waals surface area contributed by atoms with Crippen molar-refractivity contribution in [2.75, 3.05) is 5.32 Å². The Labute approximate surface area is 174 Å². The van der Waals surface area contributed by atoms with Crippen LogP contribution in [0.15, 0.2) is 83.7 Å². The van der Waals surface area contributed by atoms with Crippen molar-refractivity contribution in [2.45, 2.75) is 0 Å². The first-order valence-corrected chi connectivity index (χ1v) is 9.51. The molecule has 0 aliphatic carbocycles. The van der Waals surface area contributed by atoms with E-state index in [4.69, 9.17) is 5.73 Å². The van der Waals surface area contributed by atoms with Gasteiger partial charge in [0.05, 0.1) is 11.9 Å². The van der Waals surface area contributed by atoms with Crippen molar-refractivity contribution in [3.05, 3.63) is 94.9 Å². The quantitative estimate of drug-likeness (QED) is 0.485. The van der Waals surface area contributed by atoms with Crippen LogP contribution in [0.5, 0.6) is 0 Å². The third-order valence-corrected chi connectivity index (χ3v) is 4.86. The zero-order valence-corrected chi connectivity index (χ0v) is 16.7. The van der Waals surface area contributed by atoms with Gasteiger partial charge in [0.2, 0.25) is 5.91 Å². The highest BCUT2D eigenvalue weighted by atomic mass is 79.9. The van der Waals surface area contributed by atoms with E-state index in [2.05, 4.69) is 26.3 Å². The summed E-state index contributed by atoms with van der Waals surface area (Å²) in [4.78, 5) is 24.2. The van der Waals surface area contributed by atoms with E-state index < -0.39 is 5.91 Å². The van der Waals surface area contributed by atoms with Crippen molar-refractivity contribution in [3.63, 3.8) is 0 Å². The first kappa shape index (κ1) is 18.7. The summed E-state index contributed by atoms with van der Waals surface area (Å²) in [6.07, 6.45) is 5.24. The minimum Gasteiger partial charge on any atom is -0.366 e. The lowest BCUT2D eigenvalue weighted by atomic mass is 10.2. The maximum Gasteiger partial charge on any atom is 0.261 e. The van der Waals surface area contributed by atoms with E-state index >= 15 is 0 Å². The highest BCUT2D eigenvalue weighted by Crippen LogP contribution is 2.22. The number of benzene rings is 2. The molecule has 2 heterocycles. The zero-order chi connectivity index (χ0) is 20.4. The van der Waals surface area contributed by atoms with E-state index in [9.17, 15) is 9.59 Å². The molecule has 0 saturated carbocycles. The summed E-state index contributed by atoms with van der Waals surface area (Å²) in [5.41, 5.74) is 7.41. The number of hydrogen-bond donors (Lipinski definition) is 2. The van der Waals surface area contributed by atoms with Gasteiger partial charge in [-0.3, -0.25) is 9.59 Å². The fourth-order valence-corrected chi connectivity index (χ4v) is 3.18. The Bertz CT molecular complexity index is 1160. The number of amides is 2. The van der Waals surface area contributed by atoms with Crippen LogP contribution < -0.4 is 11.1 Å². The Kier molecular flexibility index (Phi) is 5.01. The molecule has 0 fully saturated rings. The fourth-order valence-electron chi connectivity index (χ4n) is 2.91. The maximum atomic E-state index is 13.0. The molecule has 8 heteroatoms. The number of primary amides is 1. The minimum absolute atomic E-state index is 0.316. The second kappa shape index (κ2) is 7.76. The highest BCUT2D eigenvalue weighted by molar-refractivity contribution is 9.10. The number of nitrogens with one attached hydrogen (secondary N) is 1. The maximum absolute atomic E-state index is 13.0. The molecule has 0 spiro atoms. The predicted molar refractivity (Wildman–Crippen MR) is 114 cm³/mol. The lowest BCUT2D eigenvalue weighted by Crippen LogP contribution is -2.16. The van der Waals surface area contributed by atoms with E-state index in [0.29, 0.717) is 22.6 Å². The number of anilines is 1. The second-order valence-electron chi connectivity index (χ2n) is 6.26. The zero-order valence-electron chi connectivity index (χ0n) is 15.1. The van der Waals surface area contributed by atoms with E-state index in [1.807, 2.05) is 53.4 Å². The van der Waals surface area contributed by atoms with E-state index in [1.54, 1.807) is 28.9 Å². The monoisotopic (exact) mass is 449 g/mol. The molecule has 2 amide bonds. The van der Waals surface area contributed by atoms with Gasteiger partial charge < -0.3 is 15.6 Å². The molecule has 0 unspecified atom stereocenters. The highest BCUT2D eigenvalue weighted by Gasteiger charge is 2.20. The van der Waals surface area contributed by atoms with Gasteiger partial charge in [-0.2, -0.15) is 5.10 Å². The van der Waals surface area contributed by atoms with Gasteiger partial charge >= 0.3 is 0 Å². The molecule has 4 aromatic rings. The van der Waals surface area contributed by atoms with Gasteiger partial charge in [-0.1, -0.05) is 15.9 Å². The predicted octanol–water partition coefficient (Wildman–Crippen LogP) is 3.78. The lowest BCUT2D eigenvalue weighted by molar-refractivity contribution is 0.0998. The fraction of sp³-hybridized carbons (Fsp3) is 0. The molecule has 0 bridgehead atoms. The molecule has 4 rings (SSSR count). The van der Waals surface area contributed by atoms with Gasteiger partial charge in [0.15, 0.2) is 5.82 Å². The number of carbonyl (C=O) groups excluding carboxylic acids is 2. The Balaban J connectivity index is 1.70. The van der Waals surface area contributed by atoms with Crippen LogP contribution in [-0.4, -0.2) is 26.2 Å². The number of nitrogens with zero attached hydrogens (tertiary/aromatic N) is 3. The molecular formula is C21H16BrN5O2. The minimum atomic E-state index is -0.520. The van der Waals surface area contributed by atoms with Crippen molar-refractivity contribution < 1.29 is 9.59 Å². The van der Waals surface area contributed by atoms with Crippen LogP contribution in [0.1, 0.15) is 20.7 Å². The average Bonchev–Trinajstić information content (AvgIpc) is 3.38. The van der Waals surface area contributed by atoms with Gasteiger partial charge in [0, 0.05) is 28.1 Å². The van der Waals surface area contributed by atoms with Gasteiger partial charge in [0.25, 0.3) is 5.91 Å². The summed E-state index contributed by atoms with van der Waals surface area (Å²) in [5.74, 6) is -0.221. The van der Waals surface area contributed by atoms with Crippen molar-refractivity contribution in [1.29, 1.82) is 0 Å². The van der Waals surface area contributed by atoms with Crippen LogP contribution in [0, 0.1) is 0 Å². The number of rotatable bonds is 5. The molecule has 29 heavy (non-hydrogen) atoms. The number of carbonyl (C=O) groups is 2. The van der Waals surface area contributed by atoms with Gasteiger partial charge in [-0.25, -0.2) is 4.68 Å². The largest absolute Gasteiger partial charge is 0.366 e. The SMILES string of the molecule is NC(=O)c1ccc(NC(=O)c2cnn(-c3ccc(Br)cc3)c2-n2cccc2)cc1. The summed E-state index contributed by atoms with van der Waals surface area (Å²) >= 11 is 3.43. The average molecular weight is 450 g/mol. The Hall–Kier alpha value is -3.65. The number of halogens is 1. The Morgan fingerprint density at radius 1 is 0.966 bits per heavy atom. The van der Waals surface area contributed by atoms with Crippen LogP contribution in [-0.2, 0) is 0 Å². The molecule has 0 atom stereocenters. The van der Waals surface area contributed by atoms with Crippen molar-refractivity contribution in [3.8, 4) is 11.5 Å². The molecule has 0 aliphatic rings. The number of nitrogens with two attached hydrogens (primary N) is 1. The van der Waals surface area contributed by atoms with Gasteiger partial charge in [-0.05, 0) is 60.7 Å². The van der Waals surface area contributed by atoms with E-state index in [-0.39, 0.29) is 5.91 Å². The van der Waals surface area contributed by atoms with E-state index in [1.165, 1.54) is 6.20 Å². The molecule has 144 valence electrons. The van der Waals surface area contributed by atoms with Gasteiger partial charge in [-0.15, -0.1) is 0 Å². The molecular weight excluding hydrogens is 434 g/mol.